The first kappa shape index (κ1) is 20.1. The van der Waals surface area contributed by atoms with Gasteiger partial charge in [-0.25, -0.2) is 9.97 Å². The molecule has 0 saturated carbocycles. The van der Waals surface area contributed by atoms with Crippen LogP contribution in [-0.4, -0.2) is 35.1 Å². The van der Waals surface area contributed by atoms with Crippen molar-refractivity contribution in [2.24, 2.45) is 0 Å². The van der Waals surface area contributed by atoms with E-state index in [2.05, 4.69) is 25.6 Å². The molecule has 1 amide bonds. The first-order valence-corrected chi connectivity index (χ1v) is 9.07. The van der Waals surface area contributed by atoms with E-state index in [4.69, 9.17) is 9.47 Å². The number of hydrogen-bond donors (Lipinski definition) is 2. The lowest BCUT2D eigenvalue weighted by molar-refractivity contribution is 0.0945. The molecule has 2 N–H and O–H groups in total. The van der Waals surface area contributed by atoms with Crippen LogP contribution in [0.3, 0.4) is 0 Å². The van der Waals surface area contributed by atoms with Crippen LogP contribution in [0.25, 0.3) is 0 Å². The summed E-state index contributed by atoms with van der Waals surface area (Å²) in [6.45, 7) is 2.62. The second kappa shape index (κ2) is 9.50. The van der Waals surface area contributed by atoms with E-state index in [1.807, 2.05) is 37.3 Å². The Kier molecular flexibility index (Phi) is 6.57. The van der Waals surface area contributed by atoms with Gasteiger partial charge in [0, 0.05) is 18.4 Å². The smallest absolute Gasteiger partial charge is 0.270 e. The minimum atomic E-state index is -0.286. The van der Waals surface area contributed by atoms with Crippen LogP contribution in [0.5, 0.6) is 11.5 Å². The van der Waals surface area contributed by atoms with Crippen molar-refractivity contribution in [2.45, 2.75) is 20.0 Å². The molecule has 0 radical (unpaired) electrons. The summed E-state index contributed by atoms with van der Waals surface area (Å²) in [6, 6.07) is 12.8. The van der Waals surface area contributed by atoms with E-state index >= 15 is 0 Å². The Morgan fingerprint density at radius 2 is 1.83 bits per heavy atom. The number of ether oxygens (including phenoxy) is 2. The van der Waals surface area contributed by atoms with Crippen LogP contribution in [-0.2, 0) is 13.1 Å². The van der Waals surface area contributed by atoms with Crippen molar-refractivity contribution in [1.82, 2.24) is 20.3 Å². The zero-order chi connectivity index (χ0) is 20.6. The van der Waals surface area contributed by atoms with Gasteiger partial charge >= 0.3 is 0 Å². The topological polar surface area (TPSA) is 98.3 Å². The van der Waals surface area contributed by atoms with Gasteiger partial charge in [0.25, 0.3) is 5.91 Å². The maximum atomic E-state index is 12.6. The maximum Gasteiger partial charge on any atom is 0.270 e. The Labute approximate surface area is 169 Å². The van der Waals surface area contributed by atoms with Gasteiger partial charge in [-0.15, -0.1) is 0 Å². The summed E-state index contributed by atoms with van der Waals surface area (Å²) in [6.07, 6.45) is 1.72. The molecule has 8 heteroatoms. The Bertz CT molecular complexity index is 979. The lowest BCUT2D eigenvalue weighted by atomic mass is 10.2. The molecule has 0 aliphatic heterocycles. The number of aryl methyl sites for hydroxylation is 1. The maximum absolute atomic E-state index is 12.6. The van der Waals surface area contributed by atoms with Crippen molar-refractivity contribution >= 4 is 11.9 Å². The van der Waals surface area contributed by atoms with E-state index in [9.17, 15) is 4.79 Å². The van der Waals surface area contributed by atoms with Gasteiger partial charge < -0.3 is 20.1 Å². The third-order valence-electron chi connectivity index (χ3n) is 4.14. The molecule has 0 aliphatic carbocycles. The van der Waals surface area contributed by atoms with E-state index in [1.165, 1.54) is 0 Å². The molecule has 3 rings (SSSR count). The number of carbonyl (C=O) groups is 1. The van der Waals surface area contributed by atoms with E-state index in [0.29, 0.717) is 41.9 Å². The van der Waals surface area contributed by atoms with Gasteiger partial charge in [-0.3, -0.25) is 9.78 Å². The average Bonchev–Trinajstić information content (AvgIpc) is 2.76. The third-order valence-corrected chi connectivity index (χ3v) is 4.14. The number of carbonyl (C=O) groups excluding carboxylic acids is 1. The van der Waals surface area contributed by atoms with Gasteiger partial charge in [-0.2, -0.15) is 0 Å². The summed E-state index contributed by atoms with van der Waals surface area (Å²) >= 11 is 0. The second-order valence-corrected chi connectivity index (χ2v) is 6.26. The van der Waals surface area contributed by atoms with Gasteiger partial charge in [-0.05, 0) is 42.8 Å². The molecule has 0 unspecified atom stereocenters. The number of benzene rings is 1. The second-order valence-electron chi connectivity index (χ2n) is 6.26. The molecule has 0 spiro atoms. The standard InChI is InChI=1S/C21H23N5O3/c1-14-10-17(26-21(25-14)24-13-16-6-4-5-9-22-16)20(27)23-12-15-7-8-18(28-2)19(11-15)29-3/h4-11H,12-13H2,1-3H3,(H,23,27)(H,24,25,26). The molecule has 3 aromatic rings. The number of rotatable bonds is 8. The summed E-state index contributed by atoms with van der Waals surface area (Å²) in [5, 5.41) is 5.97. The molecule has 2 heterocycles. The molecule has 0 atom stereocenters. The van der Waals surface area contributed by atoms with Crippen LogP contribution in [0.4, 0.5) is 5.95 Å². The highest BCUT2D eigenvalue weighted by Crippen LogP contribution is 2.27. The van der Waals surface area contributed by atoms with Crippen molar-refractivity contribution in [2.75, 3.05) is 19.5 Å². The molecule has 2 aromatic heterocycles. The van der Waals surface area contributed by atoms with Crippen molar-refractivity contribution in [3.8, 4) is 11.5 Å². The molecule has 0 aliphatic rings. The quantitative estimate of drug-likeness (QED) is 0.607. The molecule has 1 aromatic carbocycles. The number of nitrogens with one attached hydrogen (secondary N) is 2. The average molecular weight is 393 g/mol. The summed E-state index contributed by atoms with van der Waals surface area (Å²) in [7, 11) is 3.15. The normalized spacial score (nSPS) is 10.3. The number of aromatic nitrogens is 3. The fourth-order valence-electron chi connectivity index (χ4n) is 2.70. The third kappa shape index (κ3) is 5.41. The summed E-state index contributed by atoms with van der Waals surface area (Å²) in [5.41, 5.74) is 2.73. The van der Waals surface area contributed by atoms with E-state index in [1.54, 1.807) is 32.5 Å². The predicted octanol–water partition coefficient (Wildman–Crippen LogP) is 2.74. The van der Waals surface area contributed by atoms with Gasteiger partial charge in [-0.1, -0.05) is 12.1 Å². The minimum Gasteiger partial charge on any atom is -0.493 e. The van der Waals surface area contributed by atoms with E-state index in [-0.39, 0.29) is 5.91 Å². The fraction of sp³-hybridized carbons (Fsp3) is 0.238. The monoisotopic (exact) mass is 393 g/mol. The highest BCUT2D eigenvalue weighted by atomic mass is 16.5. The molecule has 150 valence electrons. The van der Waals surface area contributed by atoms with Gasteiger partial charge in [0.2, 0.25) is 5.95 Å². The molecular weight excluding hydrogens is 370 g/mol. The lowest BCUT2D eigenvalue weighted by Crippen LogP contribution is -2.24. The zero-order valence-corrected chi connectivity index (χ0v) is 16.6. The van der Waals surface area contributed by atoms with Crippen LogP contribution >= 0.6 is 0 Å². The van der Waals surface area contributed by atoms with Crippen LogP contribution in [0.15, 0.2) is 48.7 Å². The predicted molar refractivity (Wildman–Crippen MR) is 109 cm³/mol. The molecule has 29 heavy (non-hydrogen) atoms. The number of pyridine rings is 1. The summed E-state index contributed by atoms with van der Waals surface area (Å²) in [4.78, 5) is 25.5. The SMILES string of the molecule is COc1ccc(CNC(=O)c2cc(C)nc(NCc3ccccn3)n2)cc1OC. The zero-order valence-electron chi connectivity index (χ0n) is 16.6. The summed E-state index contributed by atoms with van der Waals surface area (Å²) in [5.74, 6) is 1.34. The Hall–Kier alpha value is -3.68. The fourth-order valence-corrected chi connectivity index (χ4v) is 2.70. The van der Waals surface area contributed by atoms with Crippen molar-refractivity contribution < 1.29 is 14.3 Å². The van der Waals surface area contributed by atoms with Crippen LogP contribution in [0.1, 0.15) is 27.4 Å². The molecule has 0 saturated heterocycles. The van der Waals surface area contributed by atoms with Crippen LogP contribution < -0.4 is 20.1 Å². The molecule has 0 fully saturated rings. The van der Waals surface area contributed by atoms with Crippen LogP contribution in [0, 0.1) is 6.92 Å². The van der Waals surface area contributed by atoms with Crippen molar-refractivity contribution in [3.05, 3.63) is 71.3 Å². The van der Waals surface area contributed by atoms with Gasteiger partial charge in [0.1, 0.15) is 5.69 Å². The number of methoxy groups -OCH3 is 2. The number of hydrogen-bond acceptors (Lipinski definition) is 7. The first-order valence-electron chi connectivity index (χ1n) is 9.07. The van der Waals surface area contributed by atoms with E-state index < -0.39 is 0 Å². The first-order chi connectivity index (χ1) is 14.1. The highest BCUT2D eigenvalue weighted by molar-refractivity contribution is 5.92. The van der Waals surface area contributed by atoms with Crippen LogP contribution in [0.2, 0.25) is 0 Å². The molecular formula is C21H23N5O3. The molecule has 0 bridgehead atoms. The van der Waals surface area contributed by atoms with E-state index in [0.717, 1.165) is 11.3 Å². The molecule has 8 nitrogen and oxygen atoms in total. The lowest BCUT2D eigenvalue weighted by Gasteiger charge is -2.11. The number of amides is 1. The largest absolute Gasteiger partial charge is 0.493 e. The highest BCUT2D eigenvalue weighted by Gasteiger charge is 2.12. The Morgan fingerprint density at radius 3 is 2.55 bits per heavy atom. The summed E-state index contributed by atoms with van der Waals surface area (Å²) < 4.78 is 10.5. The van der Waals surface area contributed by atoms with Crippen molar-refractivity contribution in [1.29, 1.82) is 0 Å². The Balaban J connectivity index is 1.65. The van der Waals surface area contributed by atoms with Gasteiger partial charge in [0.05, 0.1) is 26.5 Å². The number of nitrogens with zero attached hydrogens (tertiary/aromatic N) is 3. The number of anilines is 1. The Morgan fingerprint density at radius 1 is 1.00 bits per heavy atom. The van der Waals surface area contributed by atoms with Crippen molar-refractivity contribution in [3.63, 3.8) is 0 Å². The van der Waals surface area contributed by atoms with Gasteiger partial charge in [0.15, 0.2) is 11.5 Å². The minimum absolute atomic E-state index is 0.286.